The van der Waals surface area contributed by atoms with Gasteiger partial charge in [0.1, 0.15) is 11.6 Å². The van der Waals surface area contributed by atoms with Crippen LogP contribution in [0.15, 0.2) is 12.1 Å². The minimum absolute atomic E-state index is 0.0990. The van der Waals surface area contributed by atoms with E-state index in [4.69, 9.17) is 4.74 Å². The summed E-state index contributed by atoms with van der Waals surface area (Å²) >= 11 is 0. The minimum Gasteiger partial charge on any atom is -0.372 e. The lowest BCUT2D eigenvalue weighted by atomic mass is 10.2. The van der Waals surface area contributed by atoms with Gasteiger partial charge in [-0.1, -0.05) is 0 Å². The molecule has 4 heterocycles. The van der Waals surface area contributed by atoms with Gasteiger partial charge in [-0.25, -0.2) is 14.6 Å². The third kappa shape index (κ3) is 5.04. The van der Waals surface area contributed by atoms with E-state index in [9.17, 15) is 4.79 Å². The van der Waals surface area contributed by atoms with Crippen LogP contribution in [0.3, 0.4) is 0 Å². The molecular formula is C22H33N7O2. The molecule has 168 valence electrons. The molecule has 31 heavy (non-hydrogen) atoms. The van der Waals surface area contributed by atoms with E-state index < -0.39 is 0 Å². The molecule has 9 nitrogen and oxygen atoms in total. The zero-order chi connectivity index (χ0) is 22.1. The second-order valence-corrected chi connectivity index (χ2v) is 8.79. The summed E-state index contributed by atoms with van der Waals surface area (Å²) in [4.78, 5) is 28.5. The number of ether oxygens (including phenoxy) is 1. The zero-order valence-corrected chi connectivity index (χ0v) is 19.2. The lowest BCUT2D eigenvalue weighted by Gasteiger charge is -2.38. The Morgan fingerprint density at radius 1 is 1.00 bits per heavy atom. The predicted octanol–water partition coefficient (Wildman–Crippen LogP) is 1.35. The number of anilines is 1. The van der Waals surface area contributed by atoms with Crippen LogP contribution in [0.5, 0.6) is 0 Å². The number of amides is 1. The molecule has 2 atom stereocenters. The van der Waals surface area contributed by atoms with Crippen molar-refractivity contribution in [1.82, 2.24) is 29.5 Å². The number of aromatic nitrogens is 4. The molecule has 0 bridgehead atoms. The maximum Gasteiger partial charge on any atom is 0.236 e. The van der Waals surface area contributed by atoms with Gasteiger partial charge in [-0.15, -0.1) is 0 Å². The van der Waals surface area contributed by atoms with Gasteiger partial charge in [-0.3, -0.25) is 9.69 Å². The topological polar surface area (TPSA) is 79.6 Å². The van der Waals surface area contributed by atoms with Crippen molar-refractivity contribution in [3.05, 3.63) is 29.3 Å². The number of morpholine rings is 1. The van der Waals surface area contributed by atoms with Crippen LogP contribution in [0.1, 0.15) is 31.1 Å². The number of carbonyl (C=O) groups is 1. The van der Waals surface area contributed by atoms with Gasteiger partial charge in [0.2, 0.25) is 5.91 Å². The number of carbonyl (C=O) groups excluding carboxylic acids is 1. The first-order valence-corrected chi connectivity index (χ1v) is 11.1. The Kier molecular flexibility index (Phi) is 6.24. The number of hydrogen-bond donors (Lipinski definition) is 0. The summed E-state index contributed by atoms with van der Waals surface area (Å²) in [6.07, 6.45) is 0.198. The molecule has 1 amide bonds. The highest BCUT2D eigenvalue weighted by molar-refractivity contribution is 5.78. The third-order valence-corrected chi connectivity index (χ3v) is 5.86. The van der Waals surface area contributed by atoms with Gasteiger partial charge in [-0.2, -0.15) is 5.10 Å². The predicted molar refractivity (Wildman–Crippen MR) is 119 cm³/mol. The minimum atomic E-state index is 0.0990. The van der Waals surface area contributed by atoms with Gasteiger partial charge in [0.05, 0.1) is 24.4 Å². The number of piperazine rings is 1. The van der Waals surface area contributed by atoms with Gasteiger partial charge in [0, 0.05) is 51.0 Å². The number of hydrogen-bond acceptors (Lipinski definition) is 7. The molecule has 0 radical (unpaired) electrons. The Hall–Kier alpha value is -2.52. The molecule has 0 aliphatic carbocycles. The molecule has 0 spiro atoms. The lowest BCUT2D eigenvalue weighted by molar-refractivity contribution is -0.144. The Labute approximate surface area is 184 Å². The van der Waals surface area contributed by atoms with Crippen LogP contribution in [-0.4, -0.2) is 93.5 Å². The Morgan fingerprint density at radius 2 is 1.65 bits per heavy atom. The summed E-state index contributed by atoms with van der Waals surface area (Å²) in [5.74, 6) is 2.63. The van der Waals surface area contributed by atoms with Crippen molar-refractivity contribution in [3.8, 4) is 5.82 Å². The maximum atomic E-state index is 12.8. The number of nitrogens with zero attached hydrogens (tertiary/aromatic N) is 7. The van der Waals surface area contributed by atoms with Crippen LogP contribution in [0.2, 0.25) is 0 Å². The van der Waals surface area contributed by atoms with Crippen molar-refractivity contribution in [3.63, 3.8) is 0 Å². The molecule has 0 N–H and O–H groups in total. The lowest BCUT2D eigenvalue weighted by Crippen LogP contribution is -2.54. The van der Waals surface area contributed by atoms with Crippen LogP contribution in [0.25, 0.3) is 5.82 Å². The fraction of sp³-hybridized carbons (Fsp3) is 0.636. The van der Waals surface area contributed by atoms with Crippen LogP contribution in [0, 0.1) is 20.8 Å². The summed E-state index contributed by atoms with van der Waals surface area (Å²) in [5.41, 5.74) is 2.02. The molecule has 4 rings (SSSR count). The second-order valence-electron chi connectivity index (χ2n) is 8.79. The SMILES string of the molecule is Cc1cc(C)n(-c2cc(N3CCN(CC(=O)N4CC(C)OC(C)C4)CC3)nc(C)n2)n1. The fourth-order valence-electron chi connectivity index (χ4n) is 4.48. The van der Waals surface area contributed by atoms with E-state index in [1.54, 1.807) is 0 Å². The molecule has 2 saturated heterocycles. The molecule has 2 unspecified atom stereocenters. The molecule has 2 aliphatic rings. The molecule has 9 heteroatoms. The van der Waals surface area contributed by atoms with Crippen molar-refractivity contribution in [1.29, 1.82) is 0 Å². The Morgan fingerprint density at radius 3 is 2.26 bits per heavy atom. The van der Waals surface area contributed by atoms with E-state index in [1.165, 1.54) is 0 Å². The van der Waals surface area contributed by atoms with E-state index in [0.717, 1.165) is 55.0 Å². The molecular weight excluding hydrogens is 394 g/mol. The van der Waals surface area contributed by atoms with Crippen LogP contribution in [0.4, 0.5) is 5.82 Å². The van der Waals surface area contributed by atoms with Gasteiger partial charge in [0.25, 0.3) is 0 Å². The van der Waals surface area contributed by atoms with E-state index in [1.807, 2.05) is 56.3 Å². The molecule has 2 aromatic heterocycles. The zero-order valence-electron chi connectivity index (χ0n) is 19.2. The second kappa shape index (κ2) is 8.92. The Balaban J connectivity index is 1.38. The quantitative estimate of drug-likeness (QED) is 0.729. The van der Waals surface area contributed by atoms with Gasteiger partial charge < -0.3 is 14.5 Å². The summed E-state index contributed by atoms with van der Waals surface area (Å²) in [6, 6.07) is 4.05. The third-order valence-electron chi connectivity index (χ3n) is 5.86. The first-order valence-electron chi connectivity index (χ1n) is 11.1. The van der Waals surface area contributed by atoms with E-state index >= 15 is 0 Å². The van der Waals surface area contributed by atoms with Crippen LogP contribution >= 0.6 is 0 Å². The van der Waals surface area contributed by atoms with Crippen molar-refractivity contribution in [2.24, 2.45) is 0 Å². The van der Waals surface area contributed by atoms with Crippen LogP contribution in [-0.2, 0) is 9.53 Å². The van der Waals surface area contributed by atoms with Gasteiger partial charge in [0.15, 0.2) is 5.82 Å². The molecule has 0 aromatic carbocycles. The summed E-state index contributed by atoms with van der Waals surface area (Å²) < 4.78 is 7.61. The van der Waals surface area contributed by atoms with Crippen molar-refractivity contribution < 1.29 is 9.53 Å². The average Bonchev–Trinajstić information content (AvgIpc) is 3.05. The summed E-state index contributed by atoms with van der Waals surface area (Å²) in [6.45, 7) is 15.1. The highest BCUT2D eigenvalue weighted by atomic mass is 16.5. The first-order chi connectivity index (χ1) is 14.8. The highest BCUT2D eigenvalue weighted by Gasteiger charge is 2.28. The van der Waals surface area contributed by atoms with Crippen LogP contribution < -0.4 is 4.90 Å². The standard InChI is InChI=1S/C22H33N7O2/c1-15-10-16(2)29(25-15)21-11-20(23-19(5)24-21)27-8-6-26(7-9-27)14-22(30)28-12-17(3)31-18(4)13-28/h10-11,17-18H,6-9,12-14H2,1-5H3. The van der Waals surface area contributed by atoms with Gasteiger partial charge in [-0.05, 0) is 40.7 Å². The highest BCUT2D eigenvalue weighted by Crippen LogP contribution is 2.19. The van der Waals surface area contributed by atoms with E-state index in [-0.39, 0.29) is 18.1 Å². The van der Waals surface area contributed by atoms with Gasteiger partial charge >= 0.3 is 0 Å². The molecule has 0 saturated carbocycles. The molecule has 2 aliphatic heterocycles. The number of rotatable bonds is 4. The van der Waals surface area contributed by atoms with Crippen molar-refractivity contribution in [2.75, 3.05) is 50.7 Å². The molecule has 2 fully saturated rings. The fourth-order valence-corrected chi connectivity index (χ4v) is 4.48. The summed E-state index contributed by atoms with van der Waals surface area (Å²) in [7, 11) is 0. The summed E-state index contributed by atoms with van der Waals surface area (Å²) in [5, 5.41) is 4.56. The van der Waals surface area contributed by atoms with Crippen molar-refractivity contribution >= 4 is 11.7 Å². The first kappa shape index (κ1) is 21.7. The number of aryl methyl sites for hydroxylation is 3. The van der Waals surface area contributed by atoms with E-state index in [0.29, 0.717) is 19.6 Å². The normalized spacial score (nSPS) is 22.7. The smallest absolute Gasteiger partial charge is 0.236 e. The molecule has 2 aromatic rings. The Bertz CT molecular complexity index is 926. The van der Waals surface area contributed by atoms with Crippen molar-refractivity contribution in [2.45, 2.75) is 46.8 Å². The monoisotopic (exact) mass is 427 g/mol. The van der Waals surface area contributed by atoms with E-state index in [2.05, 4.69) is 24.9 Å². The largest absolute Gasteiger partial charge is 0.372 e. The maximum absolute atomic E-state index is 12.8. The average molecular weight is 428 g/mol.